The molecule has 1 fully saturated rings. The van der Waals surface area contributed by atoms with Gasteiger partial charge < -0.3 is 14.6 Å². The van der Waals surface area contributed by atoms with Crippen LogP contribution in [-0.2, 0) is 19.1 Å². The quantitative estimate of drug-likeness (QED) is 0.751. The van der Waals surface area contributed by atoms with Gasteiger partial charge in [-0.05, 0) is 67.3 Å². The Morgan fingerprint density at radius 2 is 2.17 bits per heavy atom. The SMILES string of the molecule is CC(=O)OCC[C@@H]1CC(C(C)(C)O)OC12C=C(C)C(=O)C(Br)=C2. The molecule has 128 valence electrons. The summed E-state index contributed by atoms with van der Waals surface area (Å²) in [7, 11) is 0. The molecule has 1 N–H and O–H groups in total. The Balaban J connectivity index is 2.29. The molecule has 0 aromatic carbocycles. The maximum absolute atomic E-state index is 12.0. The Morgan fingerprint density at radius 1 is 1.52 bits per heavy atom. The van der Waals surface area contributed by atoms with Crippen molar-refractivity contribution in [3.8, 4) is 0 Å². The summed E-state index contributed by atoms with van der Waals surface area (Å²) in [5, 5.41) is 10.3. The maximum Gasteiger partial charge on any atom is 0.302 e. The molecule has 0 amide bonds. The van der Waals surface area contributed by atoms with Crippen LogP contribution in [0, 0.1) is 5.92 Å². The van der Waals surface area contributed by atoms with Crippen LogP contribution in [0.15, 0.2) is 22.2 Å². The Kier molecular flexibility index (Phi) is 5.18. The average molecular weight is 387 g/mol. The van der Waals surface area contributed by atoms with Crippen molar-refractivity contribution in [2.75, 3.05) is 6.61 Å². The first-order valence-corrected chi connectivity index (χ1v) is 8.50. The molecule has 0 aromatic rings. The van der Waals surface area contributed by atoms with Crippen LogP contribution in [0.4, 0.5) is 0 Å². The number of hydrogen-bond donors (Lipinski definition) is 1. The van der Waals surface area contributed by atoms with Crippen molar-refractivity contribution in [3.05, 3.63) is 22.2 Å². The van der Waals surface area contributed by atoms with Gasteiger partial charge in [-0.3, -0.25) is 9.59 Å². The fraction of sp³-hybridized carbons (Fsp3) is 0.647. The number of ether oxygens (including phenoxy) is 2. The van der Waals surface area contributed by atoms with Crippen LogP contribution in [-0.4, -0.2) is 40.8 Å². The number of Topliss-reactive ketones (excluding diaryl/α,β-unsaturated/α-hetero) is 1. The molecule has 2 rings (SSSR count). The van der Waals surface area contributed by atoms with Gasteiger partial charge in [0.1, 0.15) is 5.60 Å². The largest absolute Gasteiger partial charge is 0.466 e. The minimum atomic E-state index is -0.993. The topological polar surface area (TPSA) is 72.8 Å². The van der Waals surface area contributed by atoms with E-state index < -0.39 is 11.2 Å². The van der Waals surface area contributed by atoms with Crippen molar-refractivity contribution in [2.45, 2.75) is 57.8 Å². The molecule has 2 unspecified atom stereocenters. The van der Waals surface area contributed by atoms with Gasteiger partial charge in [0.15, 0.2) is 5.78 Å². The molecule has 1 aliphatic heterocycles. The molecule has 1 aliphatic carbocycles. The summed E-state index contributed by atoms with van der Waals surface area (Å²) in [4.78, 5) is 23.0. The molecule has 1 saturated heterocycles. The molecule has 1 heterocycles. The molecule has 0 aromatic heterocycles. The van der Waals surface area contributed by atoms with Crippen LogP contribution >= 0.6 is 15.9 Å². The van der Waals surface area contributed by atoms with Crippen molar-refractivity contribution in [3.63, 3.8) is 0 Å². The van der Waals surface area contributed by atoms with Gasteiger partial charge in [-0.1, -0.05) is 0 Å². The van der Waals surface area contributed by atoms with Crippen molar-refractivity contribution in [2.24, 2.45) is 5.92 Å². The summed E-state index contributed by atoms with van der Waals surface area (Å²) in [6.07, 6.45) is 4.45. The lowest BCUT2D eigenvalue weighted by Gasteiger charge is -2.33. The number of allylic oxidation sites excluding steroid dienone is 2. The molecule has 5 nitrogen and oxygen atoms in total. The van der Waals surface area contributed by atoms with E-state index in [1.807, 2.05) is 6.08 Å². The second kappa shape index (κ2) is 6.49. The highest BCUT2D eigenvalue weighted by molar-refractivity contribution is 9.12. The lowest BCUT2D eigenvalue weighted by atomic mass is 9.79. The Bertz CT molecular complexity index is 548. The van der Waals surface area contributed by atoms with Crippen LogP contribution in [0.3, 0.4) is 0 Å². The predicted octanol–water partition coefficient (Wildman–Crippen LogP) is 2.66. The molecule has 0 bridgehead atoms. The third kappa shape index (κ3) is 3.92. The zero-order chi connectivity index (χ0) is 17.4. The second-order valence-corrected chi connectivity index (χ2v) is 7.68. The average Bonchev–Trinajstić information content (AvgIpc) is 2.74. The van der Waals surface area contributed by atoms with E-state index in [9.17, 15) is 14.7 Å². The van der Waals surface area contributed by atoms with Gasteiger partial charge in [-0.2, -0.15) is 0 Å². The van der Waals surface area contributed by atoms with E-state index in [0.717, 1.165) is 0 Å². The van der Waals surface area contributed by atoms with E-state index in [2.05, 4.69) is 15.9 Å². The summed E-state index contributed by atoms with van der Waals surface area (Å²) >= 11 is 3.31. The van der Waals surface area contributed by atoms with Gasteiger partial charge in [0, 0.05) is 12.8 Å². The fourth-order valence-corrected chi connectivity index (χ4v) is 3.83. The van der Waals surface area contributed by atoms with Crippen LogP contribution in [0.1, 0.15) is 40.5 Å². The van der Waals surface area contributed by atoms with Crippen molar-refractivity contribution >= 4 is 27.7 Å². The number of carbonyl (C=O) groups excluding carboxylic acids is 2. The van der Waals surface area contributed by atoms with Gasteiger partial charge in [0.2, 0.25) is 0 Å². The number of esters is 1. The molecule has 3 atom stereocenters. The zero-order valence-corrected chi connectivity index (χ0v) is 15.5. The standard InChI is InChI=1S/C17H23BrO5/c1-10-8-17(9-13(18)15(10)20)12(5-6-22-11(2)19)7-14(23-17)16(3,4)21/h8-9,12,14,21H,5-7H2,1-4H3/t12-,14?,17?/m1/s1. The van der Waals surface area contributed by atoms with E-state index in [4.69, 9.17) is 9.47 Å². The van der Waals surface area contributed by atoms with E-state index in [1.54, 1.807) is 26.8 Å². The first-order chi connectivity index (χ1) is 10.5. The highest BCUT2D eigenvalue weighted by atomic mass is 79.9. The van der Waals surface area contributed by atoms with Crippen LogP contribution in [0.2, 0.25) is 0 Å². The van der Waals surface area contributed by atoms with Gasteiger partial charge in [0.05, 0.1) is 22.8 Å². The first kappa shape index (κ1) is 18.4. The predicted molar refractivity (Wildman–Crippen MR) is 89.0 cm³/mol. The number of ketones is 1. The molecule has 6 heteroatoms. The number of halogens is 1. The summed E-state index contributed by atoms with van der Waals surface area (Å²) < 4.78 is 11.7. The minimum Gasteiger partial charge on any atom is -0.466 e. The highest BCUT2D eigenvalue weighted by Crippen LogP contribution is 2.47. The van der Waals surface area contributed by atoms with E-state index in [0.29, 0.717) is 22.9 Å². The Morgan fingerprint density at radius 3 is 2.70 bits per heavy atom. The smallest absolute Gasteiger partial charge is 0.302 e. The summed E-state index contributed by atoms with van der Waals surface area (Å²) in [6, 6.07) is 0. The molecular weight excluding hydrogens is 364 g/mol. The van der Waals surface area contributed by atoms with Crippen LogP contribution < -0.4 is 0 Å². The second-order valence-electron chi connectivity index (χ2n) is 6.82. The zero-order valence-electron chi connectivity index (χ0n) is 13.9. The minimum absolute atomic E-state index is 0.00822. The van der Waals surface area contributed by atoms with Crippen molar-refractivity contribution < 1.29 is 24.2 Å². The lowest BCUT2D eigenvalue weighted by molar-refractivity contribution is -0.141. The summed E-state index contributed by atoms with van der Waals surface area (Å²) in [5.41, 5.74) is -1.15. The molecule has 23 heavy (non-hydrogen) atoms. The summed E-state index contributed by atoms with van der Waals surface area (Å²) in [6.45, 7) is 6.84. The molecular formula is C17H23BrO5. The third-order valence-electron chi connectivity index (χ3n) is 4.41. The van der Waals surface area contributed by atoms with Gasteiger partial charge in [-0.15, -0.1) is 0 Å². The van der Waals surface area contributed by atoms with Crippen molar-refractivity contribution in [1.82, 2.24) is 0 Å². The normalized spacial score (nSPS) is 31.1. The Hall–Kier alpha value is -0.980. The van der Waals surface area contributed by atoms with Gasteiger partial charge in [-0.25, -0.2) is 0 Å². The highest BCUT2D eigenvalue weighted by Gasteiger charge is 2.51. The maximum atomic E-state index is 12.0. The first-order valence-electron chi connectivity index (χ1n) is 7.71. The third-order valence-corrected chi connectivity index (χ3v) is 5.00. The van der Waals surface area contributed by atoms with Gasteiger partial charge in [0.25, 0.3) is 0 Å². The Labute approximate surface area is 144 Å². The molecule has 1 spiro atoms. The van der Waals surface area contributed by atoms with Crippen molar-refractivity contribution in [1.29, 1.82) is 0 Å². The number of rotatable bonds is 4. The van der Waals surface area contributed by atoms with E-state index in [-0.39, 0.29) is 30.4 Å². The van der Waals surface area contributed by atoms with Gasteiger partial charge >= 0.3 is 5.97 Å². The van der Waals surface area contributed by atoms with Crippen LogP contribution in [0.25, 0.3) is 0 Å². The number of aliphatic hydroxyl groups is 1. The lowest BCUT2D eigenvalue weighted by Crippen LogP contribution is -2.40. The molecule has 2 aliphatic rings. The summed E-state index contributed by atoms with van der Waals surface area (Å²) in [5.74, 6) is -0.377. The van der Waals surface area contributed by atoms with E-state index in [1.165, 1.54) is 6.92 Å². The van der Waals surface area contributed by atoms with E-state index >= 15 is 0 Å². The molecule has 0 saturated carbocycles. The molecule has 0 radical (unpaired) electrons. The number of hydrogen-bond acceptors (Lipinski definition) is 5. The monoisotopic (exact) mass is 386 g/mol. The van der Waals surface area contributed by atoms with Crippen LogP contribution in [0.5, 0.6) is 0 Å². The number of carbonyl (C=O) groups is 2. The fourth-order valence-electron chi connectivity index (χ4n) is 3.16.